The van der Waals surface area contributed by atoms with Crippen molar-refractivity contribution in [3.05, 3.63) is 30.4 Å². The summed E-state index contributed by atoms with van der Waals surface area (Å²) in [7, 11) is 1.97. The minimum atomic E-state index is 0.235. The Kier molecular flexibility index (Phi) is 5.29. The van der Waals surface area contributed by atoms with Gasteiger partial charge in [-0.2, -0.15) is 5.10 Å². The summed E-state index contributed by atoms with van der Waals surface area (Å²) in [6.07, 6.45) is 9.35. The summed E-state index contributed by atoms with van der Waals surface area (Å²) < 4.78 is 7.87. The fourth-order valence-electron chi connectivity index (χ4n) is 4.29. The molecular formula is C20H30N6O. The summed E-state index contributed by atoms with van der Waals surface area (Å²) in [6, 6.07) is 2.39. The molecule has 0 radical (unpaired) electrons. The van der Waals surface area contributed by atoms with Gasteiger partial charge >= 0.3 is 0 Å². The predicted octanol–water partition coefficient (Wildman–Crippen LogP) is 2.82. The van der Waals surface area contributed by atoms with Crippen molar-refractivity contribution in [3.8, 4) is 0 Å². The van der Waals surface area contributed by atoms with Gasteiger partial charge < -0.3 is 15.0 Å². The van der Waals surface area contributed by atoms with Crippen LogP contribution < -0.4 is 10.2 Å². The topological polar surface area (TPSA) is 68.1 Å². The van der Waals surface area contributed by atoms with Gasteiger partial charge in [-0.3, -0.25) is 4.68 Å². The number of aromatic nitrogens is 4. The van der Waals surface area contributed by atoms with E-state index in [1.807, 2.05) is 17.9 Å². The number of nitrogens with one attached hydrogen (secondary N) is 1. The molecule has 4 heterocycles. The summed E-state index contributed by atoms with van der Waals surface area (Å²) in [6.45, 7) is 7.29. The summed E-state index contributed by atoms with van der Waals surface area (Å²) in [5, 5.41) is 7.92. The fourth-order valence-corrected chi connectivity index (χ4v) is 4.29. The highest BCUT2D eigenvalue weighted by Gasteiger charge is 2.29. The predicted molar refractivity (Wildman–Crippen MR) is 106 cm³/mol. The first-order chi connectivity index (χ1) is 13.1. The lowest BCUT2D eigenvalue weighted by Crippen LogP contribution is -2.43. The average Bonchev–Trinajstić information content (AvgIpc) is 3.31. The van der Waals surface area contributed by atoms with Crippen LogP contribution in [0.2, 0.25) is 0 Å². The van der Waals surface area contributed by atoms with Crippen molar-refractivity contribution in [2.75, 3.05) is 29.9 Å². The van der Waals surface area contributed by atoms with Crippen LogP contribution in [-0.2, 0) is 11.8 Å². The third kappa shape index (κ3) is 4.08. The molecule has 0 unspecified atom stereocenters. The van der Waals surface area contributed by atoms with E-state index < -0.39 is 0 Å². The number of ether oxygens (including phenoxy) is 1. The number of nitrogens with zero attached hydrogens (tertiary/aromatic N) is 5. The smallest absolute Gasteiger partial charge is 0.134 e. The van der Waals surface area contributed by atoms with E-state index in [4.69, 9.17) is 4.74 Å². The Morgan fingerprint density at radius 1 is 1.26 bits per heavy atom. The molecule has 2 aromatic rings. The van der Waals surface area contributed by atoms with Crippen molar-refractivity contribution in [2.45, 2.75) is 51.2 Å². The van der Waals surface area contributed by atoms with Gasteiger partial charge in [0.25, 0.3) is 0 Å². The van der Waals surface area contributed by atoms with E-state index >= 15 is 0 Å². The highest BCUT2D eigenvalue weighted by atomic mass is 16.5. The molecule has 0 bridgehead atoms. The highest BCUT2D eigenvalue weighted by molar-refractivity contribution is 5.50. The fraction of sp³-hybridized carbons (Fsp3) is 0.650. The molecule has 0 saturated carbocycles. The Balaban J connectivity index is 1.43. The molecule has 27 heavy (non-hydrogen) atoms. The molecule has 2 fully saturated rings. The van der Waals surface area contributed by atoms with Crippen LogP contribution in [0.15, 0.2) is 24.8 Å². The second kappa shape index (κ2) is 7.84. The molecule has 0 aliphatic carbocycles. The molecule has 7 nitrogen and oxygen atoms in total. The lowest BCUT2D eigenvalue weighted by Gasteiger charge is -2.35. The molecule has 3 atom stereocenters. The largest absolute Gasteiger partial charge is 0.376 e. The molecule has 0 amide bonds. The number of anilines is 2. The van der Waals surface area contributed by atoms with Gasteiger partial charge in [0.1, 0.15) is 18.0 Å². The first-order valence-electron chi connectivity index (χ1n) is 10.0. The van der Waals surface area contributed by atoms with E-state index in [1.54, 1.807) is 6.33 Å². The maximum absolute atomic E-state index is 6.00. The van der Waals surface area contributed by atoms with E-state index in [9.17, 15) is 0 Å². The molecule has 0 aromatic carbocycles. The molecule has 2 saturated heterocycles. The van der Waals surface area contributed by atoms with Gasteiger partial charge in [-0.15, -0.1) is 0 Å². The minimum Gasteiger partial charge on any atom is -0.376 e. The van der Waals surface area contributed by atoms with Crippen LogP contribution >= 0.6 is 0 Å². The first-order valence-corrected chi connectivity index (χ1v) is 10.0. The van der Waals surface area contributed by atoms with E-state index in [-0.39, 0.29) is 6.10 Å². The zero-order chi connectivity index (χ0) is 18.8. The van der Waals surface area contributed by atoms with Crippen LogP contribution in [-0.4, -0.2) is 51.6 Å². The zero-order valence-electron chi connectivity index (χ0n) is 16.5. The molecule has 2 aliphatic heterocycles. The quantitative estimate of drug-likeness (QED) is 0.873. The molecule has 0 spiro atoms. The molecule has 2 aromatic heterocycles. The van der Waals surface area contributed by atoms with Crippen molar-refractivity contribution in [1.82, 2.24) is 19.7 Å². The zero-order valence-corrected chi connectivity index (χ0v) is 16.5. The summed E-state index contributed by atoms with van der Waals surface area (Å²) in [5.41, 5.74) is 1.31. The second-order valence-electron chi connectivity index (χ2n) is 8.11. The van der Waals surface area contributed by atoms with Crippen molar-refractivity contribution in [1.29, 1.82) is 0 Å². The average molecular weight is 371 g/mol. The van der Waals surface area contributed by atoms with Crippen molar-refractivity contribution in [2.24, 2.45) is 13.0 Å². The van der Waals surface area contributed by atoms with Crippen LogP contribution in [0, 0.1) is 5.92 Å². The maximum Gasteiger partial charge on any atom is 0.134 e. The van der Waals surface area contributed by atoms with E-state index in [0.29, 0.717) is 17.9 Å². The van der Waals surface area contributed by atoms with Crippen LogP contribution in [0.1, 0.15) is 44.6 Å². The number of hydrogen-bond donors (Lipinski definition) is 1. The van der Waals surface area contributed by atoms with Gasteiger partial charge in [-0.1, -0.05) is 13.8 Å². The number of rotatable bonds is 5. The van der Waals surface area contributed by atoms with E-state index in [1.165, 1.54) is 5.56 Å². The SMILES string of the molecule is CC(C)[C@@H]1OCCC[C@H]1Nc1cc(N2CC[C@H](c3cnn(C)c3)C2)ncn1. The molecule has 2 aliphatic rings. The Morgan fingerprint density at radius 3 is 2.93 bits per heavy atom. The number of aryl methyl sites for hydroxylation is 1. The van der Waals surface area contributed by atoms with Crippen LogP contribution in [0.5, 0.6) is 0 Å². The van der Waals surface area contributed by atoms with E-state index in [0.717, 1.165) is 50.6 Å². The lowest BCUT2D eigenvalue weighted by atomic mass is 9.94. The Labute approximate surface area is 161 Å². The van der Waals surface area contributed by atoms with Gasteiger partial charge in [-0.05, 0) is 30.7 Å². The number of hydrogen-bond acceptors (Lipinski definition) is 6. The summed E-state index contributed by atoms with van der Waals surface area (Å²) in [5.74, 6) is 2.90. The van der Waals surface area contributed by atoms with Gasteiger partial charge in [-0.25, -0.2) is 9.97 Å². The second-order valence-corrected chi connectivity index (χ2v) is 8.11. The highest BCUT2D eigenvalue weighted by Crippen LogP contribution is 2.30. The van der Waals surface area contributed by atoms with E-state index in [2.05, 4.69) is 51.4 Å². The first kappa shape index (κ1) is 18.2. The molecule has 4 rings (SSSR count). The van der Waals surface area contributed by atoms with Gasteiger partial charge in [0.2, 0.25) is 0 Å². The molecule has 7 heteroatoms. The van der Waals surface area contributed by atoms with Gasteiger partial charge in [0, 0.05) is 44.9 Å². The normalized spacial score (nSPS) is 25.9. The van der Waals surface area contributed by atoms with Crippen molar-refractivity contribution >= 4 is 11.6 Å². The van der Waals surface area contributed by atoms with Crippen molar-refractivity contribution in [3.63, 3.8) is 0 Å². The standard InChI is InChI=1S/C20H30N6O/c1-14(2)20-17(5-4-8-27-20)24-18-9-19(22-13-21-18)26-7-6-15(12-26)16-10-23-25(3)11-16/h9-11,13-15,17,20H,4-8,12H2,1-3H3,(H,21,22,24)/t15-,17+,20-/m0/s1. The monoisotopic (exact) mass is 370 g/mol. The van der Waals surface area contributed by atoms with Gasteiger partial charge in [0.15, 0.2) is 0 Å². The Hall–Kier alpha value is -2.15. The van der Waals surface area contributed by atoms with Crippen LogP contribution in [0.25, 0.3) is 0 Å². The third-order valence-corrected chi connectivity index (χ3v) is 5.72. The Morgan fingerprint density at radius 2 is 2.15 bits per heavy atom. The maximum atomic E-state index is 6.00. The molecule has 146 valence electrons. The van der Waals surface area contributed by atoms with Gasteiger partial charge in [0.05, 0.1) is 18.3 Å². The molecule has 1 N–H and O–H groups in total. The molecular weight excluding hydrogens is 340 g/mol. The van der Waals surface area contributed by atoms with Crippen molar-refractivity contribution < 1.29 is 4.74 Å². The summed E-state index contributed by atoms with van der Waals surface area (Å²) >= 11 is 0. The summed E-state index contributed by atoms with van der Waals surface area (Å²) in [4.78, 5) is 11.3. The van der Waals surface area contributed by atoms with Crippen LogP contribution in [0.3, 0.4) is 0 Å². The minimum absolute atomic E-state index is 0.235. The Bertz CT molecular complexity index is 760. The third-order valence-electron chi connectivity index (χ3n) is 5.72. The van der Waals surface area contributed by atoms with Crippen LogP contribution in [0.4, 0.5) is 11.6 Å². The lowest BCUT2D eigenvalue weighted by molar-refractivity contribution is -0.0203.